The van der Waals surface area contributed by atoms with Crippen LogP contribution >= 0.6 is 0 Å². The molecule has 1 atom stereocenters. The second-order valence-corrected chi connectivity index (χ2v) is 4.60. The highest BCUT2D eigenvalue weighted by Crippen LogP contribution is 2.57. The third kappa shape index (κ3) is 1.17. The Labute approximate surface area is 83.3 Å². The quantitative estimate of drug-likeness (QED) is 0.718. The van der Waals surface area contributed by atoms with Gasteiger partial charge in [-0.15, -0.1) is 0 Å². The molecule has 0 aromatic heterocycles. The van der Waals surface area contributed by atoms with Gasteiger partial charge >= 0.3 is 0 Å². The molecular formula is C12H14FN. The van der Waals surface area contributed by atoms with Crippen molar-refractivity contribution in [2.45, 2.75) is 18.8 Å². The minimum Gasteiger partial charge on any atom is -0.316 e. The van der Waals surface area contributed by atoms with Gasteiger partial charge in [-0.3, -0.25) is 0 Å². The number of nitrogens with one attached hydrogen (secondary N) is 1. The molecule has 0 radical (unpaired) electrons. The van der Waals surface area contributed by atoms with Gasteiger partial charge in [-0.05, 0) is 36.0 Å². The van der Waals surface area contributed by atoms with Gasteiger partial charge in [0.1, 0.15) is 5.82 Å². The molecule has 74 valence electrons. The van der Waals surface area contributed by atoms with E-state index in [-0.39, 0.29) is 5.82 Å². The summed E-state index contributed by atoms with van der Waals surface area (Å²) in [7, 11) is 0. The minimum absolute atomic E-state index is 0.106. The Balaban J connectivity index is 1.95. The monoisotopic (exact) mass is 191 g/mol. The normalized spacial score (nSPS) is 28.2. The molecule has 1 aliphatic carbocycles. The average Bonchev–Trinajstić information content (AvgIpc) is 2.78. The predicted molar refractivity (Wildman–Crippen MR) is 53.7 cm³/mol. The third-order valence-corrected chi connectivity index (χ3v) is 3.71. The molecule has 1 heterocycles. The van der Waals surface area contributed by atoms with Crippen molar-refractivity contribution < 1.29 is 4.39 Å². The van der Waals surface area contributed by atoms with E-state index in [1.165, 1.54) is 24.5 Å². The van der Waals surface area contributed by atoms with Gasteiger partial charge in [-0.25, -0.2) is 4.39 Å². The van der Waals surface area contributed by atoms with Crippen molar-refractivity contribution in [2.75, 3.05) is 13.1 Å². The molecule has 0 bridgehead atoms. The van der Waals surface area contributed by atoms with Gasteiger partial charge in [0.15, 0.2) is 0 Å². The maximum atomic E-state index is 13.1. The molecule has 1 unspecified atom stereocenters. The zero-order valence-electron chi connectivity index (χ0n) is 8.09. The van der Waals surface area contributed by atoms with Crippen molar-refractivity contribution >= 4 is 0 Å². The summed E-state index contributed by atoms with van der Waals surface area (Å²) in [5, 5.41) is 3.42. The van der Waals surface area contributed by atoms with E-state index >= 15 is 0 Å². The lowest BCUT2D eigenvalue weighted by Gasteiger charge is -2.17. The van der Waals surface area contributed by atoms with E-state index in [0.29, 0.717) is 11.3 Å². The lowest BCUT2D eigenvalue weighted by molar-refractivity contribution is 0.499. The SMILES string of the molecule is Fc1cccc(C2CNCC23CC3)c1. The van der Waals surface area contributed by atoms with Crippen molar-refractivity contribution in [2.24, 2.45) is 5.41 Å². The zero-order valence-corrected chi connectivity index (χ0v) is 8.09. The van der Waals surface area contributed by atoms with E-state index in [1.54, 1.807) is 6.07 Å². The molecule has 1 aliphatic heterocycles. The van der Waals surface area contributed by atoms with Crippen LogP contribution in [0.25, 0.3) is 0 Å². The molecule has 1 nitrogen and oxygen atoms in total. The number of halogens is 1. The van der Waals surface area contributed by atoms with Gasteiger partial charge < -0.3 is 5.32 Å². The summed E-state index contributed by atoms with van der Waals surface area (Å²) in [5.41, 5.74) is 1.65. The van der Waals surface area contributed by atoms with Crippen LogP contribution in [0.15, 0.2) is 24.3 Å². The number of rotatable bonds is 1. The van der Waals surface area contributed by atoms with Gasteiger partial charge in [0.25, 0.3) is 0 Å². The van der Waals surface area contributed by atoms with Crippen molar-refractivity contribution in [3.8, 4) is 0 Å². The maximum Gasteiger partial charge on any atom is 0.123 e. The summed E-state index contributed by atoms with van der Waals surface area (Å²) >= 11 is 0. The molecule has 2 heteroatoms. The molecule has 1 aromatic carbocycles. The van der Waals surface area contributed by atoms with E-state index in [9.17, 15) is 4.39 Å². The molecule has 1 N–H and O–H groups in total. The van der Waals surface area contributed by atoms with Crippen LogP contribution in [-0.4, -0.2) is 13.1 Å². The second kappa shape index (κ2) is 2.80. The predicted octanol–water partition coefficient (Wildman–Crippen LogP) is 2.29. The van der Waals surface area contributed by atoms with Crippen LogP contribution in [0.4, 0.5) is 4.39 Å². The first-order valence-corrected chi connectivity index (χ1v) is 5.26. The van der Waals surface area contributed by atoms with Gasteiger partial charge in [0, 0.05) is 19.0 Å². The number of hydrogen-bond acceptors (Lipinski definition) is 1. The van der Waals surface area contributed by atoms with Crippen LogP contribution in [0.3, 0.4) is 0 Å². The highest BCUT2D eigenvalue weighted by Gasteiger charge is 2.52. The highest BCUT2D eigenvalue weighted by atomic mass is 19.1. The Hall–Kier alpha value is -0.890. The summed E-state index contributed by atoms with van der Waals surface area (Å²) in [6.07, 6.45) is 2.61. The van der Waals surface area contributed by atoms with Crippen LogP contribution in [0.1, 0.15) is 24.3 Å². The lowest BCUT2D eigenvalue weighted by Crippen LogP contribution is -2.11. The van der Waals surface area contributed by atoms with Gasteiger partial charge in [0.05, 0.1) is 0 Å². The minimum atomic E-state index is -0.106. The zero-order chi connectivity index (χ0) is 9.60. The lowest BCUT2D eigenvalue weighted by atomic mass is 9.86. The molecule has 1 saturated heterocycles. The maximum absolute atomic E-state index is 13.1. The van der Waals surface area contributed by atoms with E-state index < -0.39 is 0 Å². The first kappa shape index (κ1) is 8.42. The number of hydrogen-bond donors (Lipinski definition) is 1. The number of benzene rings is 1. The highest BCUT2D eigenvalue weighted by molar-refractivity contribution is 5.28. The van der Waals surface area contributed by atoms with Crippen LogP contribution in [0.5, 0.6) is 0 Å². The van der Waals surface area contributed by atoms with Crippen LogP contribution in [-0.2, 0) is 0 Å². The Morgan fingerprint density at radius 3 is 2.93 bits per heavy atom. The van der Waals surface area contributed by atoms with Crippen LogP contribution in [0, 0.1) is 11.2 Å². The van der Waals surface area contributed by atoms with Crippen molar-refractivity contribution in [1.82, 2.24) is 5.32 Å². The average molecular weight is 191 g/mol. The Morgan fingerprint density at radius 2 is 2.21 bits per heavy atom. The van der Waals surface area contributed by atoms with Gasteiger partial charge in [-0.1, -0.05) is 12.1 Å². The van der Waals surface area contributed by atoms with E-state index in [0.717, 1.165) is 13.1 Å². The Morgan fingerprint density at radius 1 is 1.36 bits per heavy atom. The summed E-state index contributed by atoms with van der Waals surface area (Å²) in [6, 6.07) is 7.09. The summed E-state index contributed by atoms with van der Waals surface area (Å²) in [4.78, 5) is 0. The molecule has 14 heavy (non-hydrogen) atoms. The molecule has 1 aromatic rings. The molecule has 3 rings (SSSR count). The van der Waals surface area contributed by atoms with Crippen LogP contribution < -0.4 is 5.32 Å². The Bertz CT molecular complexity index is 357. The molecule has 1 saturated carbocycles. The molecular weight excluding hydrogens is 177 g/mol. The fraction of sp³-hybridized carbons (Fsp3) is 0.500. The van der Waals surface area contributed by atoms with Crippen molar-refractivity contribution in [3.05, 3.63) is 35.6 Å². The Kier molecular flexibility index (Phi) is 1.68. The topological polar surface area (TPSA) is 12.0 Å². The smallest absolute Gasteiger partial charge is 0.123 e. The first-order chi connectivity index (χ1) is 6.80. The van der Waals surface area contributed by atoms with Crippen LogP contribution in [0.2, 0.25) is 0 Å². The van der Waals surface area contributed by atoms with E-state index in [2.05, 4.69) is 11.4 Å². The molecule has 1 spiro atoms. The molecule has 2 fully saturated rings. The first-order valence-electron chi connectivity index (χ1n) is 5.26. The van der Waals surface area contributed by atoms with E-state index in [4.69, 9.17) is 0 Å². The summed E-state index contributed by atoms with van der Waals surface area (Å²) in [6.45, 7) is 2.14. The van der Waals surface area contributed by atoms with Gasteiger partial charge in [0.2, 0.25) is 0 Å². The fourth-order valence-corrected chi connectivity index (χ4v) is 2.69. The van der Waals surface area contributed by atoms with E-state index in [1.807, 2.05) is 6.07 Å². The standard InChI is InChI=1S/C12H14FN/c13-10-3-1-2-9(6-10)11-7-14-8-12(11)4-5-12/h1-3,6,11,14H,4-5,7-8H2. The van der Waals surface area contributed by atoms with Crippen molar-refractivity contribution in [1.29, 1.82) is 0 Å². The summed E-state index contributed by atoms with van der Waals surface area (Å²) in [5.74, 6) is 0.434. The molecule has 2 aliphatic rings. The third-order valence-electron chi connectivity index (χ3n) is 3.71. The van der Waals surface area contributed by atoms with Crippen molar-refractivity contribution in [3.63, 3.8) is 0 Å². The second-order valence-electron chi connectivity index (χ2n) is 4.60. The summed E-state index contributed by atoms with van der Waals surface area (Å²) < 4.78 is 13.1. The fourth-order valence-electron chi connectivity index (χ4n) is 2.69. The molecule has 0 amide bonds. The largest absolute Gasteiger partial charge is 0.316 e. The van der Waals surface area contributed by atoms with Gasteiger partial charge in [-0.2, -0.15) is 0 Å².